The number of hydrogen-bond donors (Lipinski definition) is 0. The molecule has 1 radical (unpaired) electrons. The molecule has 0 aromatic rings. The molecule has 34 valence electrons. The Morgan fingerprint density at radius 2 is 1.00 bits per heavy atom. The van der Waals surface area contributed by atoms with Crippen LogP contribution in [0.15, 0.2) is 0 Å². The molecule has 0 fully saturated rings. The molecule has 0 aliphatic carbocycles. The van der Waals surface area contributed by atoms with E-state index in [1.807, 2.05) is 0 Å². The van der Waals surface area contributed by atoms with Crippen LogP contribution < -0.4 is 0 Å². The molecule has 5 heavy (non-hydrogen) atoms. The van der Waals surface area contributed by atoms with Gasteiger partial charge in [-0.1, -0.05) is 0 Å². The van der Waals surface area contributed by atoms with Gasteiger partial charge >= 0.3 is 35.3 Å². The first-order valence-electron chi connectivity index (χ1n) is 0.707. The monoisotopic (exact) mass is 356 g/mol. The van der Waals surface area contributed by atoms with Crippen LogP contribution in [0.3, 0.4) is 0 Å². The zero-order valence-electron chi connectivity index (χ0n) is 2.08. The van der Waals surface area contributed by atoms with E-state index in [1.165, 1.54) is 0 Å². The maximum Gasteiger partial charge on any atom is 0 e. The third kappa shape index (κ3) is 25.6. The van der Waals surface area contributed by atoms with Crippen molar-refractivity contribution < 1.29 is 72.2 Å². The van der Waals surface area contributed by atoms with Crippen LogP contribution in [0, 0.1) is 67.1 Å². The van der Waals surface area contributed by atoms with Crippen LogP contribution >= 0.6 is 0 Å². The van der Waals surface area contributed by atoms with Gasteiger partial charge in [0.1, 0.15) is 0 Å². The zero-order valence-corrected chi connectivity index (χ0v) is 7.48. The van der Waals surface area contributed by atoms with Crippen LogP contribution in [-0.2, 0) is 5.09 Å². The summed E-state index contributed by atoms with van der Waals surface area (Å²) in [6, 6.07) is 0. The van der Waals surface area contributed by atoms with Crippen molar-refractivity contribution in [3.63, 3.8) is 0 Å². The Morgan fingerprint density at radius 3 is 1.00 bits per heavy atom. The number of rotatable bonds is 0. The molecule has 0 aromatic heterocycles. The van der Waals surface area contributed by atoms with Gasteiger partial charge in [-0.2, -0.15) is 0 Å². The fourth-order valence-electron chi connectivity index (χ4n) is 0. The summed E-state index contributed by atoms with van der Waals surface area (Å²) in [7, 11) is 0. The first-order chi connectivity index (χ1) is 1.73. The molecule has 0 spiro atoms. The van der Waals surface area contributed by atoms with Crippen molar-refractivity contribution in [1.82, 2.24) is 0 Å². The summed E-state index contributed by atoms with van der Waals surface area (Å²) in [5.41, 5.74) is 0. The van der Waals surface area contributed by atoms with E-state index in [0.29, 0.717) is 0 Å². The van der Waals surface area contributed by atoms with E-state index in [9.17, 15) is 0 Å². The Morgan fingerprint density at radius 1 is 1.00 bits per heavy atom. The van der Waals surface area contributed by atoms with Gasteiger partial charge in [-0.25, -0.2) is 0 Å². The van der Waals surface area contributed by atoms with Crippen LogP contribution in [0.25, 0.3) is 0 Å². The number of hydrogen-bond acceptors (Lipinski definition) is 3. The van der Waals surface area contributed by atoms with Gasteiger partial charge in [0.25, 0.3) is 0 Å². The Labute approximate surface area is 70.5 Å². The molecule has 0 aliphatic rings. The summed E-state index contributed by atoms with van der Waals surface area (Å²) in [5.74, 6) is 0. The second-order valence-electron chi connectivity index (χ2n) is 0.289. The molecule has 0 aliphatic heterocycles. The Kier molecular flexibility index (Phi) is 11.6. The van der Waals surface area contributed by atoms with Gasteiger partial charge in [-0.05, 0) is 0 Å². The Hall–Kier alpha value is 1.83. The van der Waals surface area contributed by atoms with Crippen LogP contribution in [0.5, 0.6) is 0 Å². The summed E-state index contributed by atoms with van der Waals surface area (Å²) < 4.78 is 25.9. The summed E-state index contributed by atoms with van der Waals surface area (Å²) in [6.07, 6.45) is 0. The predicted molar refractivity (Wildman–Crippen MR) is 2.06 cm³/mol. The summed E-state index contributed by atoms with van der Waals surface area (Å²) in [6.45, 7) is 0. The smallest absolute Gasteiger partial charge is 0 e. The molecular weight excluding hydrogens is 356 g/mol. The van der Waals surface area contributed by atoms with Gasteiger partial charge in [0.2, 0.25) is 0 Å². The van der Waals surface area contributed by atoms with E-state index in [0.717, 1.165) is 0 Å². The first kappa shape index (κ1) is 9.95. The van der Waals surface area contributed by atoms with Crippen LogP contribution in [0.1, 0.15) is 0 Å². The van der Waals surface area contributed by atoms with E-state index in [4.69, 9.17) is 5.09 Å². The van der Waals surface area contributed by atoms with Crippen molar-refractivity contribution in [1.29, 1.82) is 0 Å². The molecule has 3 nitrogen and oxygen atoms in total. The van der Waals surface area contributed by atoms with E-state index in [1.54, 1.807) is 0 Å². The van der Waals surface area contributed by atoms with Gasteiger partial charge in [0.05, 0.1) is 0 Å². The van der Waals surface area contributed by atoms with Crippen molar-refractivity contribution in [3.8, 4) is 0 Å². The minimum atomic E-state index is -4.47. The van der Waals surface area contributed by atoms with Gasteiger partial charge in [0, 0.05) is 36.9 Å². The van der Waals surface area contributed by atoms with E-state index < -0.39 is 30.2 Å². The molecule has 0 N–H and O–H groups in total. The third-order valence-electron chi connectivity index (χ3n) is 0. The molecule has 0 heterocycles. The first-order valence-corrected chi connectivity index (χ1v) is 5.15. The quantitative estimate of drug-likeness (QED) is 0.596. The maximum atomic E-state index is 8.64. The Bertz CT molecular complexity index is 76.3. The van der Waals surface area contributed by atoms with Crippen LogP contribution in [-0.4, -0.2) is 0 Å². The molecule has 0 bridgehead atoms. The standard InChI is InChI=1S/La.3O.Tm. The molecular formula is LaO3Tm. The average Bonchev–Trinajstić information content (AvgIpc) is 0.811. The van der Waals surface area contributed by atoms with E-state index in [2.05, 4.69) is 0 Å². The zero-order chi connectivity index (χ0) is 3.58. The SMILES string of the molecule is [O]=[La](=[O])=[O].[Tm]. The molecule has 0 aromatic carbocycles. The Balaban J connectivity index is 0. The van der Waals surface area contributed by atoms with Crippen LogP contribution in [0.4, 0.5) is 0 Å². The van der Waals surface area contributed by atoms with Crippen molar-refractivity contribution in [2.75, 3.05) is 0 Å². The molecule has 5 heteroatoms. The minimum absolute atomic E-state index is 0. The molecule has 0 saturated heterocycles. The normalized spacial score (nSPS) is 3.00. The second-order valence-corrected chi connectivity index (χ2v) is 2.10. The molecule has 0 amide bonds. The van der Waals surface area contributed by atoms with Gasteiger partial charge in [-0.3, -0.25) is 0 Å². The largest absolute Gasteiger partial charge is 0 e. The maximum absolute atomic E-state index is 8.64. The molecule has 0 unspecified atom stereocenters. The van der Waals surface area contributed by atoms with E-state index in [-0.39, 0.29) is 36.9 Å². The van der Waals surface area contributed by atoms with Gasteiger partial charge in [0.15, 0.2) is 0 Å². The van der Waals surface area contributed by atoms with Crippen molar-refractivity contribution >= 4 is 0 Å². The summed E-state index contributed by atoms with van der Waals surface area (Å²) in [5, 5.41) is 0. The molecule has 0 saturated carbocycles. The topological polar surface area (TPSA) is 51.2 Å². The fraction of sp³-hybridized carbons (Fsp3) is 0. The van der Waals surface area contributed by atoms with Gasteiger partial charge < -0.3 is 0 Å². The third-order valence-corrected chi connectivity index (χ3v) is 0. The second kappa shape index (κ2) is 5.83. The predicted octanol–water partition coefficient (Wildman–Crippen LogP) is -0.356. The average molecular weight is 356 g/mol. The summed E-state index contributed by atoms with van der Waals surface area (Å²) >= 11 is -4.47. The fourth-order valence-corrected chi connectivity index (χ4v) is 0. The van der Waals surface area contributed by atoms with Gasteiger partial charge in [-0.15, -0.1) is 0 Å². The van der Waals surface area contributed by atoms with Crippen molar-refractivity contribution in [2.24, 2.45) is 0 Å². The molecule has 0 atom stereocenters. The van der Waals surface area contributed by atoms with E-state index >= 15 is 0 Å². The van der Waals surface area contributed by atoms with Crippen molar-refractivity contribution in [2.45, 2.75) is 0 Å². The van der Waals surface area contributed by atoms with Crippen molar-refractivity contribution in [3.05, 3.63) is 0 Å². The minimum Gasteiger partial charge on any atom is 0 e. The molecule has 0 rings (SSSR count). The van der Waals surface area contributed by atoms with Crippen LogP contribution in [0.2, 0.25) is 0 Å². The summed E-state index contributed by atoms with van der Waals surface area (Å²) in [4.78, 5) is 0.